The molecule has 1 saturated heterocycles. The van der Waals surface area contributed by atoms with Gasteiger partial charge in [-0.25, -0.2) is 0 Å². The van der Waals surface area contributed by atoms with Crippen molar-refractivity contribution in [3.05, 3.63) is 34.9 Å². The molecule has 0 radical (unpaired) electrons. The second kappa shape index (κ2) is 4.44. The summed E-state index contributed by atoms with van der Waals surface area (Å²) in [7, 11) is 1.94. The van der Waals surface area contributed by atoms with Crippen LogP contribution in [0, 0.1) is 5.92 Å². The molecule has 1 aromatic rings. The van der Waals surface area contributed by atoms with Gasteiger partial charge in [-0.3, -0.25) is 9.69 Å². The van der Waals surface area contributed by atoms with Gasteiger partial charge in [-0.1, -0.05) is 29.8 Å². The predicted octanol–water partition coefficient (Wildman–Crippen LogP) is 2.42. The molecule has 2 rings (SSSR count). The summed E-state index contributed by atoms with van der Waals surface area (Å²) in [6, 6.07) is 7.36. The van der Waals surface area contributed by atoms with E-state index in [9.17, 15) is 9.90 Å². The third-order valence-corrected chi connectivity index (χ3v) is 3.53. The second-order valence-electron chi connectivity index (χ2n) is 4.18. The van der Waals surface area contributed by atoms with Crippen LogP contribution in [0.15, 0.2) is 24.3 Å². The van der Waals surface area contributed by atoms with Crippen LogP contribution in [-0.2, 0) is 4.79 Å². The van der Waals surface area contributed by atoms with Crippen molar-refractivity contribution in [2.45, 2.75) is 12.5 Å². The fourth-order valence-electron chi connectivity index (χ4n) is 2.37. The van der Waals surface area contributed by atoms with Gasteiger partial charge in [0.1, 0.15) is 0 Å². The lowest BCUT2D eigenvalue weighted by Crippen LogP contribution is -2.25. The van der Waals surface area contributed by atoms with Gasteiger partial charge in [0.25, 0.3) is 0 Å². The van der Waals surface area contributed by atoms with Gasteiger partial charge >= 0.3 is 5.97 Å². The summed E-state index contributed by atoms with van der Waals surface area (Å²) in [5.74, 6) is -1.10. The van der Waals surface area contributed by atoms with Gasteiger partial charge in [0.2, 0.25) is 0 Å². The largest absolute Gasteiger partial charge is 0.481 e. The van der Waals surface area contributed by atoms with Crippen LogP contribution in [0.2, 0.25) is 5.02 Å². The monoisotopic (exact) mass is 239 g/mol. The van der Waals surface area contributed by atoms with E-state index >= 15 is 0 Å². The van der Waals surface area contributed by atoms with E-state index in [4.69, 9.17) is 11.6 Å². The van der Waals surface area contributed by atoms with Gasteiger partial charge in [-0.2, -0.15) is 0 Å². The highest BCUT2D eigenvalue weighted by Gasteiger charge is 2.38. The number of nitrogens with zero attached hydrogens (tertiary/aromatic N) is 1. The Hall–Kier alpha value is -1.06. The molecule has 16 heavy (non-hydrogen) atoms. The minimum atomic E-state index is -0.741. The molecule has 0 spiro atoms. The zero-order valence-electron chi connectivity index (χ0n) is 9.06. The quantitative estimate of drug-likeness (QED) is 0.862. The Balaban J connectivity index is 2.37. The minimum Gasteiger partial charge on any atom is -0.481 e. The molecule has 0 bridgehead atoms. The number of halogens is 1. The molecule has 1 fully saturated rings. The van der Waals surface area contributed by atoms with Crippen LogP contribution in [0.1, 0.15) is 18.0 Å². The van der Waals surface area contributed by atoms with Crippen LogP contribution >= 0.6 is 11.6 Å². The molecule has 1 heterocycles. The number of benzene rings is 1. The molecular weight excluding hydrogens is 226 g/mol. The van der Waals surface area contributed by atoms with E-state index in [0.29, 0.717) is 11.4 Å². The SMILES string of the molecule is CN1CCC(C(=O)O)C1c1ccccc1Cl. The zero-order chi connectivity index (χ0) is 11.7. The lowest BCUT2D eigenvalue weighted by Gasteiger charge is -2.24. The molecular formula is C12H14ClNO2. The number of carboxylic acid groups (broad SMARTS) is 1. The predicted molar refractivity (Wildman–Crippen MR) is 62.6 cm³/mol. The third kappa shape index (κ3) is 1.93. The molecule has 86 valence electrons. The van der Waals surface area contributed by atoms with E-state index in [0.717, 1.165) is 12.1 Å². The number of carbonyl (C=O) groups is 1. The number of hydrogen-bond acceptors (Lipinski definition) is 2. The number of carboxylic acids is 1. The topological polar surface area (TPSA) is 40.5 Å². The minimum absolute atomic E-state index is 0.105. The first kappa shape index (κ1) is 11.4. The number of hydrogen-bond donors (Lipinski definition) is 1. The van der Waals surface area contributed by atoms with Crippen molar-refractivity contribution in [3.8, 4) is 0 Å². The van der Waals surface area contributed by atoms with Crippen molar-refractivity contribution >= 4 is 17.6 Å². The maximum absolute atomic E-state index is 11.2. The van der Waals surface area contributed by atoms with Gasteiger partial charge in [-0.15, -0.1) is 0 Å². The summed E-state index contributed by atoms with van der Waals surface area (Å²) in [6.07, 6.45) is 0.682. The van der Waals surface area contributed by atoms with Crippen LogP contribution in [-0.4, -0.2) is 29.6 Å². The van der Waals surface area contributed by atoms with Gasteiger partial charge < -0.3 is 5.11 Å². The first-order chi connectivity index (χ1) is 7.61. The highest BCUT2D eigenvalue weighted by Crippen LogP contribution is 2.38. The maximum atomic E-state index is 11.2. The molecule has 1 aliphatic rings. The second-order valence-corrected chi connectivity index (χ2v) is 4.59. The standard InChI is InChI=1S/C12H14ClNO2/c1-14-7-6-9(12(15)16)11(14)8-4-2-3-5-10(8)13/h2-5,9,11H,6-7H2,1H3,(H,15,16). The average Bonchev–Trinajstić information content (AvgIpc) is 2.61. The fraction of sp³-hybridized carbons (Fsp3) is 0.417. The summed E-state index contributed by atoms with van der Waals surface area (Å²) >= 11 is 6.12. The summed E-state index contributed by atoms with van der Waals surface area (Å²) in [5.41, 5.74) is 0.913. The molecule has 1 aliphatic heterocycles. The Morgan fingerprint density at radius 2 is 2.19 bits per heavy atom. The summed E-state index contributed by atoms with van der Waals surface area (Å²) in [6.45, 7) is 0.798. The molecule has 2 atom stereocenters. The van der Waals surface area contributed by atoms with E-state index in [-0.39, 0.29) is 12.0 Å². The van der Waals surface area contributed by atoms with Crippen molar-refractivity contribution in [1.29, 1.82) is 0 Å². The number of aliphatic carboxylic acids is 1. The molecule has 1 N–H and O–H groups in total. The summed E-state index contributed by atoms with van der Waals surface area (Å²) in [4.78, 5) is 13.2. The van der Waals surface area contributed by atoms with Crippen LogP contribution in [0.25, 0.3) is 0 Å². The van der Waals surface area contributed by atoms with Crippen molar-refractivity contribution in [3.63, 3.8) is 0 Å². The van der Waals surface area contributed by atoms with Crippen molar-refractivity contribution < 1.29 is 9.90 Å². The van der Waals surface area contributed by atoms with Gasteiger partial charge in [0, 0.05) is 11.1 Å². The lowest BCUT2D eigenvalue weighted by atomic mass is 9.94. The van der Waals surface area contributed by atoms with Crippen LogP contribution in [0.5, 0.6) is 0 Å². The van der Waals surface area contributed by atoms with Crippen LogP contribution in [0.3, 0.4) is 0 Å². The molecule has 0 amide bonds. The van der Waals surface area contributed by atoms with Crippen LogP contribution in [0.4, 0.5) is 0 Å². The average molecular weight is 240 g/mol. The van der Waals surface area contributed by atoms with E-state index in [1.54, 1.807) is 0 Å². The van der Waals surface area contributed by atoms with E-state index in [1.165, 1.54) is 0 Å². The molecule has 2 unspecified atom stereocenters. The van der Waals surface area contributed by atoms with Gasteiger partial charge in [0.15, 0.2) is 0 Å². The lowest BCUT2D eigenvalue weighted by molar-refractivity contribution is -0.142. The van der Waals surface area contributed by atoms with Crippen LogP contribution < -0.4 is 0 Å². The Morgan fingerprint density at radius 3 is 2.81 bits per heavy atom. The Bertz CT molecular complexity index is 408. The van der Waals surface area contributed by atoms with Crippen molar-refractivity contribution in [2.24, 2.45) is 5.92 Å². The van der Waals surface area contributed by atoms with Crippen molar-refractivity contribution in [1.82, 2.24) is 4.90 Å². The van der Waals surface area contributed by atoms with Crippen molar-refractivity contribution in [2.75, 3.05) is 13.6 Å². The first-order valence-corrected chi connectivity index (χ1v) is 5.66. The van der Waals surface area contributed by atoms with Gasteiger partial charge in [0.05, 0.1) is 5.92 Å². The number of rotatable bonds is 2. The normalized spacial score (nSPS) is 25.9. The molecule has 0 aromatic heterocycles. The molecule has 0 saturated carbocycles. The molecule has 4 heteroatoms. The van der Waals surface area contributed by atoms with E-state index in [2.05, 4.69) is 4.90 Å². The Kier molecular flexibility index (Phi) is 3.17. The molecule has 3 nitrogen and oxygen atoms in total. The highest BCUT2D eigenvalue weighted by atomic mass is 35.5. The highest BCUT2D eigenvalue weighted by molar-refractivity contribution is 6.31. The number of likely N-dealkylation sites (tertiary alicyclic amines) is 1. The molecule has 0 aliphatic carbocycles. The Morgan fingerprint density at radius 1 is 1.50 bits per heavy atom. The smallest absolute Gasteiger partial charge is 0.308 e. The Labute approximate surface area is 99.6 Å². The summed E-state index contributed by atoms with van der Waals surface area (Å²) in [5, 5.41) is 9.83. The van der Waals surface area contributed by atoms with Gasteiger partial charge in [-0.05, 0) is 31.6 Å². The first-order valence-electron chi connectivity index (χ1n) is 5.28. The third-order valence-electron chi connectivity index (χ3n) is 3.19. The molecule has 1 aromatic carbocycles. The maximum Gasteiger partial charge on any atom is 0.308 e. The van der Waals surface area contributed by atoms with E-state index < -0.39 is 5.97 Å². The zero-order valence-corrected chi connectivity index (χ0v) is 9.81. The van der Waals surface area contributed by atoms with E-state index in [1.807, 2.05) is 31.3 Å². The fourth-order valence-corrected chi connectivity index (χ4v) is 2.62. The summed E-state index contributed by atoms with van der Waals surface area (Å²) < 4.78 is 0.